The van der Waals surface area contributed by atoms with Gasteiger partial charge in [-0.25, -0.2) is 4.79 Å². The molecule has 0 atom stereocenters. The van der Waals surface area contributed by atoms with Crippen molar-refractivity contribution >= 4 is 17.8 Å². The fourth-order valence-corrected chi connectivity index (χ4v) is 1.75. The van der Waals surface area contributed by atoms with Crippen molar-refractivity contribution in [2.75, 3.05) is 0 Å². The third-order valence-electron chi connectivity index (χ3n) is 2.90. The topological polar surface area (TPSA) is 54.4 Å². The summed E-state index contributed by atoms with van der Waals surface area (Å²) in [6, 6.07) is 13.8. The summed E-state index contributed by atoms with van der Waals surface area (Å²) < 4.78 is 0. The first-order valence-electron chi connectivity index (χ1n) is 6.19. The lowest BCUT2D eigenvalue weighted by Crippen LogP contribution is -2.00. The Balaban J connectivity index is 2.17. The van der Waals surface area contributed by atoms with Crippen LogP contribution in [0.5, 0.6) is 0 Å². The highest BCUT2D eigenvalue weighted by atomic mass is 16.4. The van der Waals surface area contributed by atoms with E-state index in [9.17, 15) is 9.59 Å². The molecule has 2 aromatic carbocycles. The van der Waals surface area contributed by atoms with Gasteiger partial charge in [0.2, 0.25) is 0 Å². The van der Waals surface area contributed by atoms with Crippen LogP contribution in [0.25, 0.3) is 6.08 Å². The zero-order valence-electron chi connectivity index (χ0n) is 11.0. The average Bonchev–Trinajstić information content (AvgIpc) is 2.46. The van der Waals surface area contributed by atoms with Gasteiger partial charge in [-0.05, 0) is 30.7 Å². The van der Waals surface area contributed by atoms with E-state index in [0.717, 1.165) is 11.1 Å². The van der Waals surface area contributed by atoms with Gasteiger partial charge in [0.25, 0.3) is 0 Å². The number of carbonyl (C=O) groups excluding carboxylic acids is 1. The van der Waals surface area contributed by atoms with Gasteiger partial charge in [0.15, 0.2) is 5.78 Å². The lowest BCUT2D eigenvalue weighted by molar-refractivity contribution is 0.0697. The number of hydrogen-bond acceptors (Lipinski definition) is 2. The van der Waals surface area contributed by atoms with Crippen LogP contribution in [0, 0.1) is 6.92 Å². The Morgan fingerprint density at radius 2 is 1.65 bits per heavy atom. The second kappa shape index (κ2) is 5.97. The zero-order chi connectivity index (χ0) is 14.5. The van der Waals surface area contributed by atoms with Gasteiger partial charge >= 0.3 is 5.97 Å². The van der Waals surface area contributed by atoms with Crippen LogP contribution in [0.4, 0.5) is 0 Å². The Labute approximate surface area is 117 Å². The fraction of sp³-hybridized carbons (Fsp3) is 0.0588. The maximum Gasteiger partial charge on any atom is 0.335 e. The standard InChI is InChI=1S/C17H14O3/c1-12-5-7-13(8-6-12)9-10-16(18)14-3-2-4-15(11-14)17(19)20/h2-11H,1H3,(H,19,20). The molecule has 0 saturated carbocycles. The molecule has 100 valence electrons. The van der Waals surface area contributed by atoms with Gasteiger partial charge in [-0.15, -0.1) is 0 Å². The summed E-state index contributed by atoms with van der Waals surface area (Å²) in [5.41, 5.74) is 2.56. The Morgan fingerprint density at radius 1 is 1.00 bits per heavy atom. The maximum atomic E-state index is 12.0. The third kappa shape index (κ3) is 3.42. The van der Waals surface area contributed by atoms with Gasteiger partial charge < -0.3 is 5.11 Å². The summed E-state index contributed by atoms with van der Waals surface area (Å²) in [4.78, 5) is 22.8. The van der Waals surface area contributed by atoms with Crippen LogP contribution >= 0.6 is 0 Å². The minimum absolute atomic E-state index is 0.111. The minimum Gasteiger partial charge on any atom is -0.478 e. The van der Waals surface area contributed by atoms with Gasteiger partial charge in [-0.3, -0.25) is 4.79 Å². The van der Waals surface area contributed by atoms with Crippen molar-refractivity contribution in [3.63, 3.8) is 0 Å². The van der Waals surface area contributed by atoms with E-state index in [4.69, 9.17) is 5.11 Å². The predicted octanol–water partition coefficient (Wildman–Crippen LogP) is 3.59. The molecular formula is C17H14O3. The summed E-state index contributed by atoms with van der Waals surface area (Å²) in [5.74, 6) is -1.25. The molecule has 0 fully saturated rings. The van der Waals surface area contributed by atoms with Crippen LogP contribution in [0.3, 0.4) is 0 Å². The molecule has 1 N–H and O–H groups in total. The minimum atomic E-state index is -1.04. The van der Waals surface area contributed by atoms with Crippen LogP contribution in [0.15, 0.2) is 54.6 Å². The normalized spacial score (nSPS) is 10.7. The number of rotatable bonds is 4. The van der Waals surface area contributed by atoms with E-state index >= 15 is 0 Å². The van der Waals surface area contributed by atoms with Crippen molar-refractivity contribution in [1.29, 1.82) is 0 Å². The van der Waals surface area contributed by atoms with Crippen LogP contribution in [-0.2, 0) is 0 Å². The highest BCUT2D eigenvalue weighted by molar-refractivity contribution is 6.07. The first-order valence-corrected chi connectivity index (χ1v) is 6.19. The molecule has 0 aliphatic heterocycles. The van der Waals surface area contributed by atoms with Crippen molar-refractivity contribution in [3.8, 4) is 0 Å². The summed E-state index contributed by atoms with van der Waals surface area (Å²) in [6.45, 7) is 2.00. The number of benzene rings is 2. The average molecular weight is 266 g/mol. The van der Waals surface area contributed by atoms with Crippen LogP contribution in [0.1, 0.15) is 31.8 Å². The fourth-order valence-electron chi connectivity index (χ4n) is 1.75. The summed E-state index contributed by atoms with van der Waals surface area (Å²) >= 11 is 0. The number of allylic oxidation sites excluding steroid dienone is 1. The Kier molecular flexibility index (Phi) is 4.11. The van der Waals surface area contributed by atoms with Gasteiger partial charge in [0, 0.05) is 5.56 Å². The lowest BCUT2D eigenvalue weighted by Gasteiger charge is -1.99. The molecule has 0 unspecified atom stereocenters. The third-order valence-corrected chi connectivity index (χ3v) is 2.90. The van der Waals surface area contributed by atoms with Gasteiger partial charge in [0.05, 0.1) is 5.56 Å². The van der Waals surface area contributed by atoms with E-state index < -0.39 is 5.97 Å². The number of carboxylic acid groups (broad SMARTS) is 1. The molecular weight excluding hydrogens is 252 g/mol. The Bertz CT molecular complexity index is 667. The van der Waals surface area contributed by atoms with Crippen molar-refractivity contribution in [2.24, 2.45) is 0 Å². The molecule has 0 bridgehead atoms. The van der Waals surface area contributed by atoms with Gasteiger partial charge in [0.1, 0.15) is 0 Å². The molecule has 0 amide bonds. The first kappa shape index (κ1) is 13.7. The largest absolute Gasteiger partial charge is 0.478 e. The van der Waals surface area contributed by atoms with Crippen LogP contribution in [0.2, 0.25) is 0 Å². The number of aryl methyl sites for hydroxylation is 1. The highest BCUT2D eigenvalue weighted by Crippen LogP contribution is 2.09. The zero-order valence-corrected chi connectivity index (χ0v) is 11.0. The van der Waals surface area contributed by atoms with Gasteiger partial charge in [-0.2, -0.15) is 0 Å². The molecule has 20 heavy (non-hydrogen) atoms. The number of ketones is 1. The van der Waals surface area contributed by atoms with E-state index in [0.29, 0.717) is 5.56 Å². The Hall–Kier alpha value is -2.68. The first-order chi connectivity index (χ1) is 9.56. The van der Waals surface area contributed by atoms with Crippen molar-refractivity contribution in [3.05, 3.63) is 76.9 Å². The number of carbonyl (C=O) groups is 2. The molecule has 3 heteroatoms. The maximum absolute atomic E-state index is 12.0. The molecule has 0 radical (unpaired) electrons. The lowest BCUT2D eigenvalue weighted by atomic mass is 10.1. The second-order valence-electron chi connectivity index (χ2n) is 4.49. The molecule has 0 heterocycles. The molecule has 0 aliphatic carbocycles. The number of hydrogen-bond donors (Lipinski definition) is 1. The number of aromatic carboxylic acids is 1. The van der Waals surface area contributed by atoms with Crippen LogP contribution < -0.4 is 0 Å². The molecule has 0 aromatic heterocycles. The highest BCUT2D eigenvalue weighted by Gasteiger charge is 2.06. The van der Waals surface area contributed by atoms with E-state index in [2.05, 4.69) is 0 Å². The SMILES string of the molecule is Cc1ccc(C=CC(=O)c2cccc(C(=O)O)c2)cc1. The summed E-state index contributed by atoms with van der Waals surface area (Å²) in [6.07, 6.45) is 3.17. The molecule has 2 aromatic rings. The monoisotopic (exact) mass is 266 g/mol. The van der Waals surface area contributed by atoms with Crippen molar-refractivity contribution in [2.45, 2.75) is 6.92 Å². The van der Waals surface area contributed by atoms with E-state index in [1.54, 1.807) is 18.2 Å². The van der Waals surface area contributed by atoms with Crippen LogP contribution in [-0.4, -0.2) is 16.9 Å². The summed E-state index contributed by atoms with van der Waals surface area (Å²) in [7, 11) is 0. The van der Waals surface area contributed by atoms with E-state index in [1.807, 2.05) is 31.2 Å². The smallest absolute Gasteiger partial charge is 0.335 e. The van der Waals surface area contributed by atoms with Gasteiger partial charge in [-0.1, -0.05) is 48.0 Å². The predicted molar refractivity (Wildman–Crippen MR) is 77.9 cm³/mol. The second-order valence-corrected chi connectivity index (χ2v) is 4.49. The quantitative estimate of drug-likeness (QED) is 0.679. The summed E-state index contributed by atoms with van der Waals surface area (Å²) in [5, 5.41) is 8.90. The molecule has 2 rings (SSSR count). The van der Waals surface area contributed by atoms with Crippen molar-refractivity contribution < 1.29 is 14.7 Å². The number of carboxylic acids is 1. The molecule has 3 nitrogen and oxygen atoms in total. The van der Waals surface area contributed by atoms with Crippen molar-refractivity contribution in [1.82, 2.24) is 0 Å². The molecule has 0 aliphatic rings. The van der Waals surface area contributed by atoms with E-state index in [1.165, 1.54) is 18.2 Å². The molecule has 0 spiro atoms. The Morgan fingerprint density at radius 3 is 2.30 bits per heavy atom. The van der Waals surface area contributed by atoms with E-state index in [-0.39, 0.29) is 11.3 Å². The molecule has 0 saturated heterocycles.